The average molecular weight is 395 g/mol. The van der Waals surface area contributed by atoms with Gasteiger partial charge in [-0.25, -0.2) is 0 Å². The molecule has 3 nitrogen and oxygen atoms in total. The second-order valence-corrected chi connectivity index (χ2v) is 17.4. The summed E-state index contributed by atoms with van der Waals surface area (Å²) in [6.45, 7) is 20.6. The summed E-state index contributed by atoms with van der Waals surface area (Å²) in [5.74, 6) is 0. The van der Waals surface area contributed by atoms with E-state index in [1.165, 1.54) is 0 Å². The topological polar surface area (TPSA) is 27.7 Å². The van der Waals surface area contributed by atoms with Crippen LogP contribution in [0.2, 0.25) is 28.5 Å². The second kappa shape index (κ2) is 9.90. The van der Waals surface area contributed by atoms with Crippen LogP contribution in [0.25, 0.3) is 0 Å². The van der Waals surface area contributed by atoms with Gasteiger partial charge in [0.1, 0.15) is 0 Å². The molecule has 26 heavy (non-hydrogen) atoms. The zero-order chi connectivity index (χ0) is 20.1. The Morgan fingerprint density at radius 1 is 1.00 bits per heavy atom. The Labute approximate surface area is 165 Å². The third kappa shape index (κ3) is 4.84. The van der Waals surface area contributed by atoms with E-state index in [0.717, 1.165) is 12.0 Å². The maximum atomic E-state index is 7.16. The van der Waals surface area contributed by atoms with Gasteiger partial charge >= 0.3 is 17.1 Å². The Morgan fingerprint density at radius 2 is 1.50 bits per heavy atom. The minimum Gasteiger partial charge on any atom is -0.414 e. The average Bonchev–Trinajstić information content (AvgIpc) is 2.52. The van der Waals surface area contributed by atoms with Crippen molar-refractivity contribution in [2.24, 2.45) is 0 Å². The first-order chi connectivity index (χ1) is 12.1. The largest absolute Gasteiger partial charge is 0.414 e. The van der Waals surface area contributed by atoms with Crippen molar-refractivity contribution in [2.75, 3.05) is 6.61 Å². The first kappa shape index (κ1) is 23.9. The molecule has 0 aromatic carbocycles. The van der Waals surface area contributed by atoms with E-state index >= 15 is 0 Å². The highest BCUT2D eigenvalue weighted by molar-refractivity contribution is 6.83. The van der Waals surface area contributed by atoms with Crippen LogP contribution in [0.5, 0.6) is 0 Å². The summed E-state index contributed by atoms with van der Waals surface area (Å²) in [6.07, 6.45) is 3.12. The Hall–Kier alpha value is -0.101. The van der Waals surface area contributed by atoms with Crippen molar-refractivity contribution in [2.45, 2.75) is 103 Å². The van der Waals surface area contributed by atoms with Crippen molar-refractivity contribution in [3.05, 3.63) is 17.4 Å². The lowest BCUT2D eigenvalue weighted by Crippen LogP contribution is -2.63. The summed E-state index contributed by atoms with van der Waals surface area (Å²) in [5, 5.41) is 0. The maximum absolute atomic E-state index is 7.16. The van der Waals surface area contributed by atoms with Crippen LogP contribution in [0.1, 0.15) is 68.7 Å². The Bertz CT molecular complexity index is 495. The van der Waals surface area contributed by atoms with Crippen LogP contribution in [0.4, 0.5) is 0 Å². The third-order valence-electron chi connectivity index (χ3n) is 5.51. The summed E-state index contributed by atoms with van der Waals surface area (Å²) >= 11 is 0. The second-order valence-electron chi connectivity index (χ2n) is 8.57. The molecule has 1 aliphatic heterocycles. The lowest BCUT2D eigenvalue weighted by Gasteiger charge is -2.51. The van der Waals surface area contributed by atoms with Crippen LogP contribution in [0, 0.1) is 0 Å². The smallest absolute Gasteiger partial charge is 0.335 e. The molecule has 0 aromatic rings. The zero-order valence-corrected chi connectivity index (χ0v) is 20.4. The molecule has 0 N–H and O–H groups in total. The summed E-state index contributed by atoms with van der Waals surface area (Å²) in [5.41, 5.74) is 5.74. The van der Waals surface area contributed by atoms with Crippen molar-refractivity contribution in [1.29, 1.82) is 0 Å². The zero-order valence-electron chi connectivity index (χ0n) is 18.4. The van der Waals surface area contributed by atoms with Crippen LogP contribution in [-0.2, 0) is 13.0 Å². The van der Waals surface area contributed by atoms with E-state index in [1.807, 2.05) is 13.0 Å². The van der Waals surface area contributed by atoms with Crippen molar-refractivity contribution in [3.63, 3.8) is 0 Å². The summed E-state index contributed by atoms with van der Waals surface area (Å²) in [7, 11) is 1.06. The Kier molecular flexibility index (Phi) is 9.12. The van der Waals surface area contributed by atoms with Crippen molar-refractivity contribution >= 4 is 25.0 Å². The molecule has 1 atom stereocenters. The monoisotopic (exact) mass is 394 g/mol. The molecule has 0 bridgehead atoms. The normalized spacial score (nSPS) is 23.0. The maximum Gasteiger partial charge on any atom is 0.335 e. The lowest BCUT2D eigenvalue weighted by molar-refractivity contribution is 0.0829. The van der Waals surface area contributed by atoms with Crippen LogP contribution in [-0.4, -0.2) is 37.7 Å². The van der Waals surface area contributed by atoms with Gasteiger partial charge < -0.3 is 13.0 Å². The molecular formula is C20H39BO3Si2. The molecule has 1 aliphatic rings. The van der Waals surface area contributed by atoms with Gasteiger partial charge in [-0.2, -0.15) is 0 Å². The van der Waals surface area contributed by atoms with E-state index in [1.54, 1.807) is 0 Å². The van der Waals surface area contributed by atoms with Crippen molar-refractivity contribution in [3.8, 4) is 0 Å². The quantitative estimate of drug-likeness (QED) is 0.407. The van der Waals surface area contributed by atoms with Gasteiger partial charge in [-0.1, -0.05) is 61.7 Å². The fraction of sp³-hybridized carbons (Fsp3) is 0.850. The van der Waals surface area contributed by atoms with Gasteiger partial charge in [-0.15, -0.1) is 5.73 Å². The van der Waals surface area contributed by atoms with Crippen LogP contribution in [0.15, 0.2) is 17.4 Å². The van der Waals surface area contributed by atoms with Gasteiger partial charge in [0.2, 0.25) is 0 Å². The van der Waals surface area contributed by atoms with Crippen LogP contribution >= 0.6 is 0 Å². The van der Waals surface area contributed by atoms with E-state index in [2.05, 4.69) is 61.1 Å². The van der Waals surface area contributed by atoms with Crippen LogP contribution in [0.3, 0.4) is 0 Å². The van der Waals surface area contributed by atoms with Gasteiger partial charge in [0.25, 0.3) is 0 Å². The molecule has 0 aromatic heterocycles. The molecule has 148 valence electrons. The minimum atomic E-state index is -2.55. The Balaban J connectivity index is 3.48. The molecule has 1 fully saturated rings. The van der Waals surface area contributed by atoms with Gasteiger partial charge in [0, 0.05) is 6.61 Å². The summed E-state index contributed by atoms with van der Waals surface area (Å²) in [4.78, 5) is 0. The minimum absolute atomic E-state index is 0.0704. The van der Waals surface area contributed by atoms with Gasteiger partial charge in [0.05, 0.1) is 14.0 Å². The standard InChI is InChI=1S/C20H39BO3Si2/c1-10-11-19(14-21)20-12-13-22-25(15(2)3,16(4)5)24-26(23-20,17(6)7)18(8)9/h10,15-18,20H,12-14H2,1-9H3/t11?,20-/m1/s1. The molecule has 6 heteroatoms. The predicted octanol–water partition coefficient (Wildman–Crippen LogP) is 6.02. The van der Waals surface area contributed by atoms with E-state index in [0.29, 0.717) is 35.1 Å². The molecule has 0 aliphatic carbocycles. The highest BCUT2D eigenvalue weighted by atomic mass is 28.5. The molecule has 1 rings (SSSR count). The molecule has 2 radical (unpaired) electrons. The molecule has 0 spiro atoms. The molecule has 1 saturated heterocycles. The lowest BCUT2D eigenvalue weighted by atomic mass is 9.92. The van der Waals surface area contributed by atoms with E-state index in [4.69, 9.17) is 20.8 Å². The highest BCUT2D eigenvalue weighted by Gasteiger charge is 2.57. The van der Waals surface area contributed by atoms with E-state index < -0.39 is 17.1 Å². The van der Waals surface area contributed by atoms with E-state index in [-0.39, 0.29) is 6.10 Å². The highest BCUT2D eigenvalue weighted by Crippen LogP contribution is 2.46. The fourth-order valence-electron chi connectivity index (χ4n) is 4.03. The summed E-state index contributed by atoms with van der Waals surface area (Å²) < 4.78 is 20.7. The van der Waals surface area contributed by atoms with Gasteiger partial charge in [0.15, 0.2) is 0 Å². The van der Waals surface area contributed by atoms with Crippen molar-refractivity contribution in [1.82, 2.24) is 0 Å². The predicted molar refractivity (Wildman–Crippen MR) is 116 cm³/mol. The third-order valence-corrected chi connectivity index (χ3v) is 15.8. The van der Waals surface area contributed by atoms with Gasteiger partial charge in [-0.3, -0.25) is 0 Å². The SMILES string of the molecule is [B]CC(=C=CC)[C@H]1CCO[Si](C(C)C)(C(C)C)O[Si](C(C)C)(C(C)C)O1. The molecular weight excluding hydrogens is 355 g/mol. The molecule has 1 heterocycles. The first-order valence-electron chi connectivity index (χ1n) is 10.2. The molecule has 0 amide bonds. The summed E-state index contributed by atoms with van der Waals surface area (Å²) in [6, 6.07) is 0. The first-order valence-corrected chi connectivity index (χ1v) is 14.1. The van der Waals surface area contributed by atoms with Gasteiger partial charge in [-0.05, 0) is 47.2 Å². The number of hydrogen-bond acceptors (Lipinski definition) is 3. The fourth-order valence-corrected chi connectivity index (χ4v) is 15.2. The van der Waals surface area contributed by atoms with E-state index in [9.17, 15) is 0 Å². The van der Waals surface area contributed by atoms with Crippen molar-refractivity contribution < 1.29 is 13.0 Å². The number of hydrogen-bond donors (Lipinski definition) is 0. The molecule has 0 unspecified atom stereocenters. The number of rotatable bonds is 6. The van der Waals surface area contributed by atoms with Crippen LogP contribution < -0.4 is 0 Å². The Morgan fingerprint density at radius 3 is 1.88 bits per heavy atom. The molecule has 0 saturated carbocycles.